The molecule has 0 saturated heterocycles. The lowest BCUT2D eigenvalue weighted by Crippen LogP contribution is -2.37. The minimum atomic E-state index is -0.229. The smallest absolute Gasteiger partial charge is 0.252 e. The number of alkyl halides is 1. The lowest BCUT2D eigenvalue weighted by atomic mass is 9.89. The van der Waals surface area contributed by atoms with Crippen LogP contribution in [-0.2, 0) is 0 Å². The number of nitrogens with one attached hydrogen (secondary N) is 1. The molecular formula is C14H17BrClNO2. The van der Waals surface area contributed by atoms with Gasteiger partial charge in [0.1, 0.15) is 5.75 Å². The highest BCUT2D eigenvalue weighted by Gasteiger charge is 2.33. The van der Waals surface area contributed by atoms with E-state index in [1.165, 1.54) is 31.0 Å². The summed E-state index contributed by atoms with van der Waals surface area (Å²) in [5.41, 5.74) is 0.489. The van der Waals surface area contributed by atoms with Crippen LogP contribution in [0.3, 0.4) is 0 Å². The highest BCUT2D eigenvalue weighted by atomic mass is 79.9. The van der Waals surface area contributed by atoms with Crippen molar-refractivity contribution in [2.75, 3.05) is 11.9 Å². The van der Waals surface area contributed by atoms with Gasteiger partial charge < -0.3 is 10.4 Å². The Morgan fingerprint density at radius 1 is 1.42 bits per heavy atom. The molecule has 3 nitrogen and oxygen atoms in total. The van der Waals surface area contributed by atoms with Crippen LogP contribution in [0.1, 0.15) is 36.0 Å². The Kier molecular flexibility index (Phi) is 4.74. The Bertz CT molecular complexity index is 473. The van der Waals surface area contributed by atoms with E-state index in [4.69, 9.17) is 11.6 Å². The average Bonchev–Trinajstić information content (AvgIpc) is 2.88. The van der Waals surface area contributed by atoms with Crippen molar-refractivity contribution in [3.63, 3.8) is 0 Å². The molecule has 1 amide bonds. The fourth-order valence-electron chi connectivity index (χ4n) is 2.53. The molecule has 0 unspecified atom stereocenters. The van der Waals surface area contributed by atoms with E-state index in [1.807, 2.05) is 0 Å². The quantitative estimate of drug-likeness (QED) is 0.816. The molecule has 2 rings (SSSR count). The lowest BCUT2D eigenvalue weighted by molar-refractivity contribution is 0.0935. The maximum atomic E-state index is 12.1. The topological polar surface area (TPSA) is 49.3 Å². The van der Waals surface area contributed by atoms with E-state index >= 15 is 0 Å². The summed E-state index contributed by atoms with van der Waals surface area (Å²) in [5.74, 6) is -0.182. The standard InChI is InChI=1S/C14H17BrClNO2/c15-8-14(5-1-2-6-14)9-17-13(19)11-7-10(18)3-4-12(11)16/h3-4,7,18H,1-2,5-6,8-9H2,(H,17,19). The molecule has 0 spiro atoms. The largest absolute Gasteiger partial charge is 0.508 e. The number of benzene rings is 1. The van der Waals surface area contributed by atoms with Crippen molar-refractivity contribution in [1.82, 2.24) is 5.32 Å². The van der Waals surface area contributed by atoms with Gasteiger partial charge >= 0.3 is 0 Å². The van der Waals surface area contributed by atoms with Crippen molar-refractivity contribution >= 4 is 33.4 Å². The van der Waals surface area contributed by atoms with Gasteiger partial charge in [0.2, 0.25) is 0 Å². The zero-order valence-electron chi connectivity index (χ0n) is 10.6. The summed E-state index contributed by atoms with van der Waals surface area (Å²) in [6.45, 7) is 0.642. The third-order valence-corrected chi connectivity index (χ3v) is 5.29. The Morgan fingerprint density at radius 2 is 2.11 bits per heavy atom. The van der Waals surface area contributed by atoms with Crippen LogP contribution in [0.15, 0.2) is 18.2 Å². The molecule has 0 aliphatic heterocycles. The van der Waals surface area contributed by atoms with E-state index in [1.54, 1.807) is 0 Å². The zero-order chi connectivity index (χ0) is 13.9. The molecule has 19 heavy (non-hydrogen) atoms. The molecule has 1 aromatic carbocycles. The molecule has 104 valence electrons. The summed E-state index contributed by atoms with van der Waals surface area (Å²) < 4.78 is 0. The van der Waals surface area contributed by atoms with Crippen LogP contribution >= 0.6 is 27.5 Å². The molecular weight excluding hydrogens is 330 g/mol. The number of amides is 1. The molecule has 2 N–H and O–H groups in total. The maximum absolute atomic E-state index is 12.1. The third-order valence-electron chi connectivity index (χ3n) is 3.77. The SMILES string of the molecule is O=C(NCC1(CBr)CCCC1)c1cc(O)ccc1Cl. The summed E-state index contributed by atoms with van der Waals surface area (Å²) in [6, 6.07) is 4.39. The first-order chi connectivity index (χ1) is 9.06. The summed E-state index contributed by atoms with van der Waals surface area (Å²) in [5, 5.41) is 13.6. The number of halogens is 2. The Morgan fingerprint density at radius 3 is 2.74 bits per heavy atom. The summed E-state index contributed by atoms with van der Waals surface area (Å²) >= 11 is 9.52. The first-order valence-corrected chi connectivity index (χ1v) is 7.89. The van der Waals surface area contributed by atoms with Crippen molar-refractivity contribution < 1.29 is 9.90 Å². The number of carbonyl (C=O) groups is 1. The molecule has 0 heterocycles. The Hall–Kier alpha value is -0.740. The Labute approximate surface area is 126 Å². The van der Waals surface area contributed by atoms with Crippen molar-refractivity contribution in [1.29, 1.82) is 0 Å². The van der Waals surface area contributed by atoms with E-state index in [-0.39, 0.29) is 17.1 Å². The molecule has 5 heteroatoms. The van der Waals surface area contributed by atoms with Crippen molar-refractivity contribution in [2.24, 2.45) is 5.41 Å². The van der Waals surface area contributed by atoms with Gasteiger partial charge in [-0.1, -0.05) is 40.4 Å². The van der Waals surface area contributed by atoms with E-state index in [2.05, 4.69) is 21.2 Å². The van der Waals surface area contributed by atoms with Gasteiger partial charge in [-0.25, -0.2) is 0 Å². The zero-order valence-corrected chi connectivity index (χ0v) is 12.9. The summed E-state index contributed by atoms with van der Waals surface area (Å²) in [7, 11) is 0. The number of phenolic OH excluding ortho intramolecular Hbond substituents is 1. The Balaban J connectivity index is 2.03. The van der Waals surface area contributed by atoms with Crippen LogP contribution in [0.4, 0.5) is 0 Å². The molecule has 1 aromatic rings. The van der Waals surface area contributed by atoms with Crippen molar-refractivity contribution in [3.05, 3.63) is 28.8 Å². The van der Waals surface area contributed by atoms with E-state index in [0.717, 1.165) is 18.2 Å². The van der Waals surface area contributed by atoms with E-state index < -0.39 is 0 Å². The second-order valence-electron chi connectivity index (χ2n) is 5.19. The highest BCUT2D eigenvalue weighted by molar-refractivity contribution is 9.09. The van der Waals surface area contributed by atoms with Gasteiger partial charge in [0.15, 0.2) is 0 Å². The molecule has 1 aliphatic carbocycles. The first-order valence-electron chi connectivity index (χ1n) is 6.39. The van der Waals surface area contributed by atoms with Gasteiger partial charge in [-0.05, 0) is 36.5 Å². The molecule has 1 saturated carbocycles. The first kappa shape index (κ1) is 14.7. The van der Waals surface area contributed by atoms with Crippen molar-refractivity contribution in [3.8, 4) is 5.75 Å². The van der Waals surface area contributed by atoms with Gasteiger partial charge in [0.25, 0.3) is 5.91 Å². The normalized spacial score (nSPS) is 17.4. The fourth-order valence-corrected chi connectivity index (χ4v) is 3.50. The third kappa shape index (κ3) is 3.42. The number of phenols is 1. The maximum Gasteiger partial charge on any atom is 0.252 e. The predicted molar refractivity (Wildman–Crippen MR) is 80.1 cm³/mol. The fraction of sp³-hybridized carbons (Fsp3) is 0.500. The van der Waals surface area contributed by atoms with E-state index in [0.29, 0.717) is 17.1 Å². The van der Waals surface area contributed by atoms with Crippen LogP contribution < -0.4 is 5.32 Å². The van der Waals surface area contributed by atoms with Crippen LogP contribution in [0, 0.1) is 5.41 Å². The lowest BCUT2D eigenvalue weighted by Gasteiger charge is -2.26. The van der Waals surface area contributed by atoms with Crippen LogP contribution in [0.5, 0.6) is 5.75 Å². The van der Waals surface area contributed by atoms with Crippen molar-refractivity contribution in [2.45, 2.75) is 25.7 Å². The highest BCUT2D eigenvalue weighted by Crippen LogP contribution is 2.39. The number of hydrogen-bond donors (Lipinski definition) is 2. The van der Waals surface area contributed by atoms with Gasteiger partial charge in [-0.3, -0.25) is 4.79 Å². The average molecular weight is 347 g/mol. The second kappa shape index (κ2) is 6.14. The molecule has 0 bridgehead atoms. The molecule has 0 aromatic heterocycles. The van der Waals surface area contributed by atoms with Gasteiger partial charge in [0.05, 0.1) is 10.6 Å². The predicted octanol–water partition coefficient (Wildman–Crippen LogP) is 3.73. The summed E-state index contributed by atoms with van der Waals surface area (Å²) in [4.78, 5) is 12.1. The molecule has 1 fully saturated rings. The second-order valence-corrected chi connectivity index (χ2v) is 6.16. The number of aromatic hydroxyl groups is 1. The molecule has 0 atom stereocenters. The number of rotatable bonds is 4. The van der Waals surface area contributed by atoms with Crippen LogP contribution in [0.25, 0.3) is 0 Å². The van der Waals surface area contributed by atoms with Gasteiger partial charge in [-0.2, -0.15) is 0 Å². The van der Waals surface area contributed by atoms with E-state index in [9.17, 15) is 9.90 Å². The molecule has 1 aliphatic rings. The molecule has 0 radical (unpaired) electrons. The monoisotopic (exact) mass is 345 g/mol. The number of hydrogen-bond acceptors (Lipinski definition) is 2. The minimum Gasteiger partial charge on any atom is -0.508 e. The van der Waals surface area contributed by atoms with Crippen LogP contribution in [0.2, 0.25) is 5.02 Å². The number of carbonyl (C=O) groups excluding carboxylic acids is 1. The van der Waals surface area contributed by atoms with Crippen LogP contribution in [-0.4, -0.2) is 22.9 Å². The minimum absolute atomic E-state index is 0.0469. The van der Waals surface area contributed by atoms with Gasteiger partial charge in [-0.15, -0.1) is 0 Å². The summed E-state index contributed by atoms with van der Waals surface area (Å²) in [6.07, 6.45) is 4.70. The van der Waals surface area contributed by atoms with Gasteiger partial charge in [0, 0.05) is 11.9 Å².